The molecule has 0 bridgehead atoms. The van der Waals surface area contributed by atoms with Crippen LogP contribution in [0.4, 0.5) is 14.6 Å². The van der Waals surface area contributed by atoms with Gasteiger partial charge in [0.05, 0.1) is 12.1 Å². The van der Waals surface area contributed by atoms with Crippen molar-refractivity contribution in [3.05, 3.63) is 77.5 Å². The number of anilines is 1. The molecule has 0 aliphatic carbocycles. The second-order valence-electron chi connectivity index (χ2n) is 5.64. The highest BCUT2D eigenvalue weighted by Gasteiger charge is 2.16. The van der Waals surface area contributed by atoms with E-state index >= 15 is 0 Å². The van der Waals surface area contributed by atoms with Crippen molar-refractivity contribution in [1.82, 2.24) is 9.78 Å². The van der Waals surface area contributed by atoms with Gasteiger partial charge in [0.2, 0.25) is 0 Å². The number of halogens is 2. The normalized spacial score (nSPS) is 10.8. The Morgan fingerprint density at radius 2 is 1.85 bits per heavy atom. The van der Waals surface area contributed by atoms with Gasteiger partial charge in [-0.25, -0.2) is 0 Å². The molecule has 0 atom stereocenters. The fourth-order valence-electron chi connectivity index (χ4n) is 2.52. The number of rotatable bonds is 6. The lowest BCUT2D eigenvalue weighted by Crippen LogP contribution is -2.15. The summed E-state index contributed by atoms with van der Waals surface area (Å²) in [7, 11) is 0. The maximum absolute atomic E-state index is 12.5. The predicted molar refractivity (Wildman–Crippen MR) is 93.5 cm³/mol. The Morgan fingerprint density at radius 1 is 1.15 bits per heavy atom. The quantitative estimate of drug-likeness (QED) is 0.723. The lowest BCUT2D eigenvalue weighted by Gasteiger charge is -2.09. The smallest absolute Gasteiger partial charge is 0.387 e. The number of benzene rings is 2. The fraction of sp³-hybridized carbons (Fsp3) is 0.158. The van der Waals surface area contributed by atoms with E-state index < -0.39 is 12.5 Å². The van der Waals surface area contributed by atoms with Crippen LogP contribution in [0.3, 0.4) is 0 Å². The van der Waals surface area contributed by atoms with Crippen molar-refractivity contribution in [1.29, 1.82) is 0 Å². The standard InChI is InChI=1S/C19H17F2N3O2/c1-13-11-17(23-24(13)12-14-7-3-2-4-8-14)22-18(25)15-9-5-6-10-16(15)26-19(20)21/h2-11,19H,12H2,1H3,(H,22,23,25). The van der Waals surface area contributed by atoms with Crippen molar-refractivity contribution >= 4 is 11.7 Å². The van der Waals surface area contributed by atoms with E-state index in [1.54, 1.807) is 16.8 Å². The average Bonchev–Trinajstić information content (AvgIpc) is 2.94. The number of nitrogens with one attached hydrogen (secondary N) is 1. The molecule has 0 fully saturated rings. The van der Waals surface area contributed by atoms with Gasteiger partial charge in [-0.3, -0.25) is 9.48 Å². The van der Waals surface area contributed by atoms with Crippen LogP contribution in [0.15, 0.2) is 60.7 Å². The molecule has 0 saturated carbocycles. The van der Waals surface area contributed by atoms with Gasteiger partial charge in [0.1, 0.15) is 5.75 Å². The minimum absolute atomic E-state index is 0.0167. The Labute approximate surface area is 149 Å². The summed E-state index contributed by atoms with van der Waals surface area (Å²) in [5.74, 6) is -0.402. The molecule has 1 amide bonds. The molecule has 7 heteroatoms. The van der Waals surface area contributed by atoms with Crippen LogP contribution in [0, 0.1) is 6.92 Å². The van der Waals surface area contributed by atoms with Gasteiger partial charge in [-0.05, 0) is 24.6 Å². The number of nitrogens with zero attached hydrogens (tertiary/aromatic N) is 2. The van der Waals surface area contributed by atoms with Gasteiger partial charge in [0, 0.05) is 11.8 Å². The van der Waals surface area contributed by atoms with Crippen LogP contribution in [0.5, 0.6) is 5.75 Å². The van der Waals surface area contributed by atoms with E-state index in [9.17, 15) is 13.6 Å². The van der Waals surface area contributed by atoms with Gasteiger partial charge in [-0.15, -0.1) is 0 Å². The Balaban J connectivity index is 1.76. The summed E-state index contributed by atoms with van der Waals surface area (Å²) >= 11 is 0. The van der Waals surface area contributed by atoms with Crippen molar-refractivity contribution in [3.8, 4) is 5.75 Å². The Hall–Kier alpha value is -3.22. The zero-order chi connectivity index (χ0) is 18.5. The molecule has 0 saturated heterocycles. The summed E-state index contributed by atoms with van der Waals surface area (Å²) in [6.45, 7) is -0.566. The van der Waals surface area contributed by atoms with E-state index in [0.29, 0.717) is 12.4 Å². The van der Waals surface area contributed by atoms with Gasteiger partial charge in [-0.2, -0.15) is 13.9 Å². The second-order valence-corrected chi connectivity index (χ2v) is 5.64. The summed E-state index contributed by atoms with van der Waals surface area (Å²) in [6, 6.07) is 17.3. The molecule has 0 aliphatic rings. The van der Waals surface area contributed by atoms with Gasteiger partial charge < -0.3 is 10.1 Å². The molecular weight excluding hydrogens is 340 g/mol. The summed E-state index contributed by atoms with van der Waals surface area (Å²) in [5, 5.41) is 6.98. The SMILES string of the molecule is Cc1cc(NC(=O)c2ccccc2OC(F)F)nn1Cc1ccccc1. The van der Waals surface area contributed by atoms with Crippen LogP contribution in [0.25, 0.3) is 0 Å². The van der Waals surface area contributed by atoms with E-state index in [2.05, 4.69) is 15.2 Å². The molecule has 1 N–H and O–H groups in total. The minimum atomic E-state index is -3.00. The third kappa shape index (κ3) is 4.24. The van der Waals surface area contributed by atoms with E-state index in [0.717, 1.165) is 11.3 Å². The Kier molecular flexibility index (Phi) is 5.26. The number of carbonyl (C=O) groups excluding carboxylic acids is 1. The molecule has 1 heterocycles. The molecule has 2 aromatic carbocycles. The molecule has 26 heavy (non-hydrogen) atoms. The van der Waals surface area contributed by atoms with E-state index in [4.69, 9.17) is 0 Å². The fourth-order valence-corrected chi connectivity index (χ4v) is 2.52. The van der Waals surface area contributed by atoms with Crippen LogP contribution < -0.4 is 10.1 Å². The van der Waals surface area contributed by atoms with Gasteiger partial charge >= 0.3 is 6.61 Å². The van der Waals surface area contributed by atoms with Gasteiger partial charge in [-0.1, -0.05) is 42.5 Å². The first kappa shape index (κ1) is 17.6. The van der Waals surface area contributed by atoms with Crippen LogP contribution in [-0.2, 0) is 6.54 Å². The molecule has 134 valence electrons. The van der Waals surface area contributed by atoms with Crippen molar-refractivity contribution < 1.29 is 18.3 Å². The number of ether oxygens (including phenoxy) is 1. The van der Waals surface area contributed by atoms with Crippen LogP contribution in [0.2, 0.25) is 0 Å². The monoisotopic (exact) mass is 357 g/mol. The molecule has 0 aliphatic heterocycles. The number of aromatic nitrogens is 2. The summed E-state index contributed by atoms with van der Waals surface area (Å²) in [5.41, 5.74) is 1.96. The molecule has 3 rings (SSSR count). The number of aryl methyl sites for hydroxylation is 1. The molecule has 0 unspecified atom stereocenters. The second kappa shape index (κ2) is 7.77. The third-order valence-corrected chi connectivity index (χ3v) is 3.75. The number of para-hydroxylation sites is 1. The molecular formula is C19H17F2N3O2. The largest absolute Gasteiger partial charge is 0.434 e. The Bertz CT molecular complexity index is 895. The molecule has 1 aromatic heterocycles. The highest BCUT2D eigenvalue weighted by molar-refractivity contribution is 6.05. The number of amides is 1. The summed E-state index contributed by atoms with van der Waals surface area (Å²) < 4.78 is 31.1. The van der Waals surface area contributed by atoms with E-state index in [-0.39, 0.29) is 11.3 Å². The summed E-state index contributed by atoms with van der Waals surface area (Å²) in [6.07, 6.45) is 0. The molecule has 3 aromatic rings. The topological polar surface area (TPSA) is 56.1 Å². The first-order valence-electron chi connectivity index (χ1n) is 7.96. The minimum Gasteiger partial charge on any atom is -0.434 e. The third-order valence-electron chi connectivity index (χ3n) is 3.75. The number of hydrogen-bond acceptors (Lipinski definition) is 3. The van der Waals surface area contributed by atoms with E-state index in [1.165, 1.54) is 18.2 Å². The van der Waals surface area contributed by atoms with Crippen molar-refractivity contribution in [2.24, 2.45) is 0 Å². The first-order valence-corrected chi connectivity index (χ1v) is 7.96. The molecule has 0 radical (unpaired) electrons. The van der Waals surface area contributed by atoms with Gasteiger partial charge in [0.15, 0.2) is 5.82 Å². The lowest BCUT2D eigenvalue weighted by atomic mass is 10.2. The van der Waals surface area contributed by atoms with Crippen LogP contribution in [0.1, 0.15) is 21.6 Å². The average molecular weight is 357 g/mol. The molecule has 5 nitrogen and oxygen atoms in total. The summed E-state index contributed by atoms with van der Waals surface area (Å²) in [4.78, 5) is 12.4. The molecule has 0 spiro atoms. The van der Waals surface area contributed by atoms with Gasteiger partial charge in [0.25, 0.3) is 5.91 Å². The number of carbonyl (C=O) groups is 1. The van der Waals surface area contributed by atoms with Crippen LogP contribution in [-0.4, -0.2) is 22.3 Å². The first-order chi connectivity index (χ1) is 12.5. The van der Waals surface area contributed by atoms with E-state index in [1.807, 2.05) is 37.3 Å². The maximum Gasteiger partial charge on any atom is 0.387 e. The highest BCUT2D eigenvalue weighted by Crippen LogP contribution is 2.21. The predicted octanol–water partition coefficient (Wildman–Crippen LogP) is 4.09. The number of hydrogen-bond donors (Lipinski definition) is 1. The van der Waals surface area contributed by atoms with Crippen molar-refractivity contribution in [3.63, 3.8) is 0 Å². The zero-order valence-electron chi connectivity index (χ0n) is 14.0. The van der Waals surface area contributed by atoms with Crippen LogP contribution >= 0.6 is 0 Å². The lowest BCUT2D eigenvalue weighted by molar-refractivity contribution is -0.0501. The maximum atomic E-state index is 12.5. The van der Waals surface area contributed by atoms with Crippen molar-refractivity contribution in [2.75, 3.05) is 5.32 Å². The highest BCUT2D eigenvalue weighted by atomic mass is 19.3. The number of alkyl halides is 2. The zero-order valence-corrected chi connectivity index (χ0v) is 14.0. The van der Waals surface area contributed by atoms with Crippen molar-refractivity contribution in [2.45, 2.75) is 20.1 Å². The Morgan fingerprint density at radius 3 is 2.58 bits per heavy atom.